The zero-order chi connectivity index (χ0) is 21.1. The highest BCUT2D eigenvalue weighted by molar-refractivity contribution is 6.42. The van der Waals surface area contributed by atoms with Gasteiger partial charge in [0.2, 0.25) is 5.91 Å². The van der Waals surface area contributed by atoms with E-state index < -0.39 is 0 Å². The van der Waals surface area contributed by atoms with Crippen LogP contribution in [0.4, 0.5) is 11.5 Å². The smallest absolute Gasteiger partial charge is 0.228 e. The zero-order valence-corrected chi connectivity index (χ0v) is 18.4. The molecule has 30 heavy (non-hydrogen) atoms. The minimum Gasteiger partial charge on any atom is -0.354 e. The molecule has 2 heterocycles. The maximum Gasteiger partial charge on any atom is 0.228 e. The molecule has 0 atom stereocenters. The molecule has 0 aliphatic carbocycles. The molecule has 156 valence electrons. The third kappa shape index (κ3) is 4.86. The lowest BCUT2D eigenvalue weighted by Gasteiger charge is -2.34. The van der Waals surface area contributed by atoms with Gasteiger partial charge in [0.25, 0.3) is 0 Å². The summed E-state index contributed by atoms with van der Waals surface area (Å²) >= 11 is 12.0. The highest BCUT2D eigenvalue weighted by Crippen LogP contribution is 2.24. The second-order valence-electron chi connectivity index (χ2n) is 7.47. The topological polar surface area (TPSA) is 48.5 Å². The Morgan fingerprint density at radius 2 is 1.80 bits per heavy atom. The van der Waals surface area contributed by atoms with Crippen molar-refractivity contribution in [3.63, 3.8) is 0 Å². The van der Waals surface area contributed by atoms with Gasteiger partial charge in [0.05, 0.1) is 22.0 Å². The van der Waals surface area contributed by atoms with Gasteiger partial charge in [-0.15, -0.1) is 0 Å². The number of likely N-dealkylation sites (N-methyl/N-ethyl adjacent to an activating group) is 1. The molecule has 4 rings (SSSR count). The number of fused-ring (bicyclic) bond motifs is 1. The fourth-order valence-electron chi connectivity index (χ4n) is 3.70. The lowest BCUT2D eigenvalue weighted by atomic mass is 10.1. The molecule has 3 aromatic rings. The molecule has 0 bridgehead atoms. The van der Waals surface area contributed by atoms with E-state index in [4.69, 9.17) is 28.2 Å². The predicted octanol–water partition coefficient (Wildman–Crippen LogP) is 4.86. The first-order chi connectivity index (χ1) is 14.5. The van der Waals surface area contributed by atoms with Gasteiger partial charge < -0.3 is 15.1 Å². The number of benzene rings is 2. The van der Waals surface area contributed by atoms with E-state index >= 15 is 0 Å². The largest absolute Gasteiger partial charge is 0.354 e. The van der Waals surface area contributed by atoms with Crippen LogP contribution in [0.3, 0.4) is 0 Å². The van der Waals surface area contributed by atoms with Crippen molar-refractivity contribution in [1.82, 2.24) is 9.88 Å². The Balaban J connectivity index is 1.43. The van der Waals surface area contributed by atoms with Gasteiger partial charge in [-0.25, -0.2) is 4.98 Å². The number of anilines is 2. The molecule has 5 nitrogen and oxygen atoms in total. The van der Waals surface area contributed by atoms with Crippen molar-refractivity contribution in [2.45, 2.75) is 13.3 Å². The molecule has 0 spiro atoms. The molecular formula is C23H24Cl2N4O. The Hall–Kier alpha value is -2.34. The summed E-state index contributed by atoms with van der Waals surface area (Å²) in [5, 5.41) is 4.88. The van der Waals surface area contributed by atoms with E-state index in [9.17, 15) is 4.79 Å². The van der Waals surface area contributed by atoms with Crippen LogP contribution in [-0.4, -0.2) is 48.5 Å². The van der Waals surface area contributed by atoms with Crippen molar-refractivity contribution in [2.75, 3.05) is 42.9 Å². The Morgan fingerprint density at radius 3 is 2.53 bits per heavy atom. The first-order valence-electron chi connectivity index (χ1n) is 10.1. The van der Waals surface area contributed by atoms with Crippen molar-refractivity contribution in [3.05, 3.63) is 64.1 Å². The number of piperazine rings is 1. The average molecular weight is 443 g/mol. The maximum atomic E-state index is 12.4. The number of nitrogens with one attached hydrogen (secondary N) is 1. The maximum absolute atomic E-state index is 12.4. The molecule has 0 unspecified atom stereocenters. The van der Waals surface area contributed by atoms with E-state index in [0.29, 0.717) is 10.0 Å². The van der Waals surface area contributed by atoms with Gasteiger partial charge >= 0.3 is 0 Å². The fraction of sp³-hybridized carbons (Fsp3) is 0.304. The van der Waals surface area contributed by atoms with Gasteiger partial charge in [0.1, 0.15) is 5.82 Å². The van der Waals surface area contributed by atoms with Gasteiger partial charge in [0, 0.05) is 37.3 Å². The van der Waals surface area contributed by atoms with Gasteiger partial charge in [-0.3, -0.25) is 4.79 Å². The first-order valence-corrected chi connectivity index (χ1v) is 10.9. The summed E-state index contributed by atoms with van der Waals surface area (Å²) in [4.78, 5) is 22.0. The lowest BCUT2D eigenvalue weighted by Crippen LogP contribution is -2.46. The number of pyridine rings is 1. The van der Waals surface area contributed by atoms with Crippen LogP contribution in [0, 0.1) is 0 Å². The molecule has 0 radical (unpaired) electrons. The Bertz CT molecular complexity index is 1060. The number of rotatable bonds is 5. The van der Waals surface area contributed by atoms with Crippen LogP contribution in [0.5, 0.6) is 0 Å². The molecule has 1 aromatic heterocycles. The molecule has 7 heteroatoms. The van der Waals surface area contributed by atoms with Gasteiger partial charge in [0.15, 0.2) is 0 Å². The number of nitrogens with zero attached hydrogens (tertiary/aromatic N) is 3. The standard InChI is InChI=1S/C23H24Cl2N4O/c1-2-28-9-11-29(12-10-28)22-8-4-17-15-18(5-7-21(17)27-22)26-23(30)14-16-3-6-19(24)20(25)13-16/h3-8,13,15H,2,9-12,14H2,1H3,(H,26,30). The van der Waals surface area contributed by atoms with E-state index in [1.807, 2.05) is 18.2 Å². The minimum absolute atomic E-state index is 0.105. The normalized spacial score (nSPS) is 14.8. The fourth-order valence-corrected chi connectivity index (χ4v) is 4.02. The molecule has 1 fully saturated rings. The van der Waals surface area contributed by atoms with Crippen LogP contribution >= 0.6 is 23.2 Å². The SMILES string of the molecule is CCN1CCN(c2ccc3cc(NC(=O)Cc4ccc(Cl)c(Cl)c4)ccc3n2)CC1. The summed E-state index contributed by atoms with van der Waals surface area (Å²) in [6.45, 7) is 7.42. The number of halogens is 2. The zero-order valence-electron chi connectivity index (χ0n) is 16.9. The summed E-state index contributed by atoms with van der Waals surface area (Å²) in [6, 6.07) is 15.2. The van der Waals surface area contributed by atoms with Crippen LogP contribution in [0.25, 0.3) is 10.9 Å². The number of hydrogen-bond donors (Lipinski definition) is 1. The molecule has 1 amide bonds. The summed E-state index contributed by atoms with van der Waals surface area (Å²) in [7, 11) is 0. The molecule has 1 aliphatic heterocycles. The van der Waals surface area contributed by atoms with E-state index in [-0.39, 0.29) is 12.3 Å². The van der Waals surface area contributed by atoms with E-state index in [1.54, 1.807) is 18.2 Å². The minimum atomic E-state index is -0.105. The molecular weight excluding hydrogens is 419 g/mol. The Labute approximate surface area is 186 Å². The Kier molecular flexibility index (Phi) is 6.42. The second-order valence-corrected chi connectivity index (χ2v) is 8.29. The number of amides is 1. The van der Waals surface area contributed by atoms with Crippen LogP contribution in [-0.2, 0) is 11.2 Å². The summed E-state index contributed by atoms with van der Waals surface area (Å²) < 4.78 is 0. The predicted molar refractivity (Wildman–Crippen MR) is 125 cm³/mol. The van der Waals surface area contributed by atoms with Gasteiger partial charge in [-0.05, 0) is 54.6 Å². The van der Waals surface area contributed by atoms with Crippen molar-refractivity contribution in [3.8, 4) is 0 Å². The highest BCUT2D eigenvalue weighted by Gasteiger charge is 2.17. The summed E-state index contributed by atoms with van der Waals surface area (Å²) in [5.74, 6) is 0.903. The lowest BCUT2D eigenvalue weighted by molar-refractivity contribution is -0.115. The monoisotopic (exact) mass is 442 g/mol. The van der Waals surface area contributed by atoms with Gasteiger partial charge in [-0.1, -0.05) is 36.2 Å². The van der Waals surface area contributed by atoms with Crippen LogP contribution in [0.2, 0.25) is 10.0 Å². The molecule has 1 N–H and O–H groups in total. The number of carbonyl (C=O) groups is 1. The highest BCUT2D eigenvalue weighted by atomic mass is 35.5. The third-order valence-corrected chi connectivity index (χ3v) is 6.19. The third-order valence-electron chi connectivity index (χ3n) is 5.45. The molecule has 1 saturated heterocycles. The summed E-state index contributed by atoms with van der Waals surface area (Å²) in [6.07, 6.45) is 0.232. The van der Waals surface area contributed by atoms with E-state index in [0.717, 1.165) is 60.7 Å². The number of aromatic nitrogens is 1. The van der Waals surface area contributed by atoms with E-state index in [1.165, 1.54) is 0 Å². The van der Waals surface area contributed by atoms with Crippen molar-refractivity contribution < 1.29 is 4.79 Å². The average Bonchev–Trinajstić information content (AvgIpc) is 2.76. The summed E-state index contributed by atoms with van der Waals surface area (Å²) in [5.41, 5.74) is 2.49. The van der Waals surface area contributed by atoms with Crippen LogP contribution in [0.15, 0.2) is 48.5 Å². The van der Waals surface area contributed by atoms with Crippen molar-refractivity contribution in [2.24, 2.45) is 0 Å². The molecule has 2 aromatic carbocycles. The van der Waals surface area contributed by atoms with Crippen LogP contribution in [0.1, 0.15) is 12.5 Å². The molecule has 0 saturated carbocycles. The van der Waals surface area contributed by atoms with Gasteiger partial charge in [-0.2, -0.15) is 0 Å². The second kappa shape index (κ2) is 9.21. The number of hydrogen-bond acceptors (Lipinski definition) is 4. The first kappa shape index (κ1) is 20.9. The van der Waals surface area contributed by atoms with Crippen molar-refractivity contribution >= 4 is 51.5 Å². The van der Waals surface area contributed by atoms with Crippen LogP contribution < -0.4 is 10.2 Å². The molecule has 1 aliphatic rings. The number of carbonyl (C=O) groups excluding carboxylic acids is 1. The Morgan fingerprint density at radius 1 is 1.00 bits per heavy atom. The quantitative estimate of drug-likeness (QED) is 0.612. The van der Waals surface area contributed by atoms with Crippen molar-refractivity contribution in [1.29, 1.82) is 0 Å². The van der Waals surface area contributed by atoms with E-state index in [2.05, 4.69) is 34.2 Å².